The van der Waals surface area contributed by atoms with Crippen molar-refractivity contribution in [3.63, 3.8) is 0 Å². The van der Waals surface area contributed by atoms with Gasteiger partial charge in [0.15, 0.2) is 0 Å². The van der Waals surface area contributed by atoms with E-state index < -0.39 is 18.6 Å². The molecule has 0 bridgehead atoms. The highest BCUT2D eigenvalue weighted by Crippen LogP contribution is 2.18. The predicted molar refractivity (Wildman–Crippen MR) is 98.7 cm³/mol. The van der Waals surface area contributed by atoms with Crippen LogP contribution in [0.25, 0.3) is 0 Å². The zero-order chi connectivity index (χ0) is 20.7. The fraction of sp³-hybridized carbons (Fsp3) is 0.632. The second-order valence-corrected chi connectivity index (χ2v) is 7.44. The second kappa shape index (κ2) is 9.86. The lowest BCUT2D eigenvalue weighted by molar-refractivity contribution is -0.162. The lowest BCUT2D eigenvalue weighted by Gasteiger charge is -2.28. The Morgan fingerprint density at radius 3 is 2.43 bits per heavy atom. The first-order chi connectivity index (χ1) is 13.2. The minimum atomic E-state index is -4.42. The molecule has 0 saturated carbocycles. The molecule has 1 aliphatic rings. The highest BCUT2D eigenvalue weighted by atomic mass is 19.4. The van der Waals surface area contributed by atoms with Crippen LogP contribution in [0.1, 0.15) is 30.6 Å². The molecule has 0 aromatic carbocycles. The molecule has 0 unspecified atom stereocenters. The van der Waals surface area contributed by atoms with E-state index in [9.17, 15) is 22.8 Å². The molecule has 0 atom stereocenters. The van der Waals surface area contributed by atoms with Crippen molar-refractivity contribution in [2.45, 2.75) is 26.4 Å². The first-order valence-electron chi connectivity index (χ1n) is 9.42. The summed E-state index contributed by atoms with van der Waals surface area (Å²) in [5, 5.41) is 0. The van der Waals surface area contributed by atoms with Crippen molar-refractivity contribution < 1.29 is 22.8 Å². The number of amides is 2. The van der Waals surface area contributed by atoms with Gasteiger partial charge in [0.2, 0.25) is 5.91 Å². The summed E-state index contributed by atoms with van der Waals surface area (Å²) in [6.07, 6.45) is -0.648. The van der Waals surface area contributed by atoms with Gasteiger partial charge >= 0.3 is 6.18 Å². The Kier molecular flexibility index (Phi) is 7.79. The summed E-state index contributed by atoms with van der Waals surface area (Å²) in [7, 11) is 0. The number of nitrogens with zero attached hydrogens (tertiary/aromatic N) is 4. The number of hydrogen-bond acceptors (Lipinski definition) is 4. The van der Waals surface area contributed by atoms with Gasteiger partial charge in [-0.3, -0.25) is 19.5 Å². The van der Waals surface area contributed by atoms with Gasteiger partial charge in [-0.15, -0.1) is 0 Å². The van der Waals surface area contributed by atoms with Crippen LogP contribution in [0.15, 0.2) is 24.5 Å². The average molecular weight is 400 g/mol. The maximum atomic E-state index is 12.8. The number of carbonyl (C=O) groups is 2. The molecule has 0 spiro atoms. The zero-order valence-electron chi connectivity index (χ0n) is 16.3. The number of rotatable bonds is 6. The molecule has 2 rings (SSSR count). The van der Waals surface area contributed by atoms with Gasteiger partial charge in [0, 0.05) is 50.7 Å². The zero-order valence-corrected chi connectivity index (χ0v) is 16.3. The first kappa shape index (κ1) is 22.1. The summed E-state index contributed by atoms with van der Waals surface area (Å²) in [6.45, 7) is 4.32. The highest BCUT2D eigenvalue weighted by Gasteiger charge is 2.34. The van der Waals surface area contributed by atoms with Crippen molar-refractivity contribution in [1.82, 2.24) is 19.7 Å². The minimum Gasteiger partial charge on any atom is -0.337 e. The summed E-state index contributed by atoms with van der Waals surface area (Å²) in [5.41, 5.74) is 0.549. The number of aromatic nitrogens is 1. The maximum Gasteiger partial charge on any atom is 0.406 e. The summed E-state index contributed by atoms with van der Waals surface area (Å²) in [6, 6.07) is 3.30. The van der Waals surface area contributed by atoms with Crippen molar-refractivity contribution in [1.29, 1.82) is 0 Å². The molecular weight excluding hydrogens is 373 g/mol. The van der Waals surface area contributed by atoms with E-state index >= 15 is 0 Å². The number of carbonyl (C=O) groups excluding carboxylic acids is 2. The van der Waals surface area contributed by atoms with Gasteiger partial charge in [0.25, 0.3) is 5.91 Å². The molecule has 0 N–H and O–H groups in total. The van der Waals surface area contributed by atoms with E-state index in [-0.39, 0.29) is 24.9 Å². The van der Waals surface area contributed by atoms with Gasteiger partial charge in [0.05, 0.1) is 6.54 Å². The quantitative estimate of drug-likeness (QED) is 0.735. The van der Waals surface area contributed by atoms with Crippen molar-refractivity contribution in [2.75, 3.05) is 45.8 Å². The van der Waals surface area contributed by atoms with Crippen LogP contribution in [-0.2, 0) is 4.79 Å². The van der Waals surface area contributed by atoms with E-state index in [1.165, 1.54) is 0 Å². The number of hydrogen-bond donors (Lipinski definition) is 0. The fourth-order valence-corrected chi connectivity index (χ4v) is 3.21. The molecule has 1 aromatic rings. The fourth-order valence-electron chi connectivity index (χ4n) is 3.21. The number of pyridine rings is 1. The van der Waals surface area contributed by atoms with E-state index in [0.29, 0.717) is 38.2 Å². The second-order valence-electron chi connectivity index (χ2n) is 7.44. The topological polar surface area (TPSA) is 56.8 Å². The molecule has 156 valence electrons. The van der Waals surface area contributed by atoms with E-state index in [0.717, 1.165) is 4.90 Å². The number of halogens is 3. The Hall–Kier alpha value is -2.16. The Labute approximate surface area is 163 Å². The third-order valence-electron chi connectivity index (χ3n) is 4.47. The van der Waals surface area contributed by atoms with Crippen LogP contribution in [0.2, 0.25) is 0 Å². The highest BCUT2D eigenvalue weighted by molar-refractivity contribution is 5.94. The van der Waals surface area contributed by atoms with Gasteiger partial charge in [-0.2, -0.15) is 13.2 Å². The van der Waals surface area contributed by atoms with Crippen LogP contribution < -0.4 is 0 Å². The van der Waals surface area contributed by atoms with Gasteiger partial charge < -0.3 is 9.80 Å². The smallest absolute Gasteiger partial charge is 0.337 e. The van der Waals surface area contributed by atoms with Gasteiger partial charge in [-0.25, -0.2) is 0 Å². The van der Waals surface area contributed by atoms with Gasteiger partial charge in [0.1, 0.15) is 6.54 Å². The monoisotopic (exact) mass is 400 g/mol. The third-order valence-corrected chi connectivity index (χ3v) is 4.47. The molecule has 1 saturated heterocycles. The van der Waals surface area contributed by atoms with Crippen molar-refractivity contribution >= 4 is 11.8 Å². The first-order valence-corrected chi connectivity index (χ1v) is 9.42. The van der Waals surface area contributed by atoms with E-state index in [1.54, 1.807) is 43.3 Å². The largest absolute Gasteiger partial charge is 0.406 e. The van der Waals surface area contributed by atoms with Crippen LogP contribution in [0, 0.1) is 5.92 Å². The van der Waals surface area contributed by atoms with Crippen LogP contribution >= 0.6 is 0 Å². The maximum absolute atomic E-state index is 12.8. The summed E-state index contributed by atoms with van der Waals surface area (Å²) >= 11 is 0. The normalized spacial score (nSPS) is 16.1. The predicted octanol–water partition coefficient (Wildman–Crippen LogP) is 2.28. The molecule has 0 radical (unpaired) electrons. The number of alkyl halides is 3. The van der Waals surface area contributed by atoms with Crippen molar-refractivity contribution in [3.8, 4) is 0 Å². The standard InChI is InChI=1S/C19H27F3N4O2/c1-15(2)12-26(14-19(20,21)22)17(27)13-24-8-3-9-25(11-10-24)18(28)16-4-6-23-7-5-16/h4-7,15H,3,8-14H2,1-2H3. The Bertz CT molecular complexity index is 652. The molecule has 6 nitrogen and oxygen atoms in total. The molecule has 2 amide bonds. The molecule has 1 aromatic heterocycles. The van der Waals surface area contributed by atoms with Crippen LogP contribution in [0.5, 0.6) is 0 Å². The Balaban J connectivity index is 1.93. The average Bonchev–Trinajstić information content (AvgIpc) is 2.85. The van der Waals surface area contributed by atoms with E-state index in [2.05, 4.69) is 4.98 Å². The Morgan fingerprint density at radius 1 is 1.14 bits per heavy atom. The molecule has 28 heavy (non-hydrogen) atoms. The summed E-state index contributed by atoms with van der Waals surface area (Å²) in [4.78, 5) is 33.3. The molecule has 0 aliphatic carbocycles. The molecule has 1 aliphatic heterocycles. The summed E-state index contributed by atoms with van der Waals surface area (Å²) < 4.78 is 38.4. The SMILES string of the molecule is CC(C)CN(CC(F)(F)F)C(=O)CN1CCCN(C(=O)c2ccncc2)CC1. The molecule has 9 heteroatoms. The molecule has 1 fully saturated rings. The van der Waals surface area contributed by atoms with Crippen LogP contribution in [0.3, 0.4) is 0 Å². The van der Waals surface area contributed by atoms with E-state index in [4.69, 9.17) is 0 Å². The van der Waals surface area contributed by atoms with Gasteiger partial charge in [-0.05, 0) is 24.5 Å². The van der Waals surface area contributed by atoms with Crippen molar-refractivity contribution in [3.05, 3.63) is 30.1 Å². The van der Waals surface area contributed by atoms with Crippen LogP contribution in [0.4, 0.5) is 13.2 Å². The van der Waals surface area contributed by atoms with Crippen LogP contribution in [-0.4, -0.2) is 83.5 Å². The third kappa shape index (κ3) is 7.10. The minimum absolute atomic E-state index is 0.0519. The van der Waals surface area contributed by atoms with E-state index in [1.807, 2.05) is 4.90 Å². The lowest BCUT2D eigenvalue weighted by Crippen LogP contribution is -2.46. The van der Waals surface area contributed by atoms with Gasteiger partial charge in [-0.1, -0.05) is 13.8 Å². The molecule has 2 heterocycles. The van der Waals surface area contributed by atoms with Crippen molar-refractivity contribution in [2.24, 2.45) is 5.92 Å². The lowest BCUT2D eigenvalue weighted by atomic mass is 10.2. The molecular formula is C19H27F3N4O2. The summed E-state index contributed by atoms with van der Waals surface area (Å²) in [5.74, 6) is -0.682. The Morgan fingerprint density at radius 2 is 1.82 bits per heavy atom.